The van der Waals surface area contributed by atoms with Crippen LogP contribution in [0.3, 0.4) is 0 Å². The van der Waals surface area contributed by atoms with Crippen molar-refractivity contribution in [2.45, 2.75) is 39.8 Å². The van der Waals surface area contributed by atoms with Crippen LogP contribution in [0.4, 0.5) is 0 Å². The fourth-order valence-corrected chi connectivity index (χ4v) is 2.95. The molecule has 1 aromatic carbocycles. The number of morpholine rings is 1. The predicted molar refractivity (Wildman–Crippen MR) is 84.8 cm³/mol. The maximum atomic E-state index is 12.3. The van der Waals surface area contributed by atoms with Gasteiger partial charge in [0, 0.05) is 5.56 Å². The molecule has 1 saturated heterocycles. The Kier molecular flexibility index (Phi) is 5.19. The van der Waals surface area contributed by atoms with Gasteiger partial charge in [0.1, 0.15) is 0 Å². The maximum Gasteiger partial charge on any atom is 0.251 e. The van der Waals surface area contributed by atoms with E-state index in [1.807, 2.05) is 45.9 Å². The van der Waals surface area contributed by atoms with Crippen molar-refractivity contribution < 1.29 is 14.3 Å². The summed E-state index contributed by atoms with van der Waals surface area (Å²) in [7, 11) is 0. The van der Waals surface area contributed by atoms with E-state index in [0.29, 0.717) is 18.8 Å². The molecule has 5 heteroatoms. The third-order valence-corrected chi connectivity index (χ3v) is 3.84. The smallest absolute Gasteiger partial charge is 0.251 e. The first-order chi connectivity index (χ1) is 10.4. The predicted octanol–water partition coefficient (Wildman–Crippen LogP) is 1.67. The first kappa shape index (κ1) is 16.5. The van der Waals surface area contributed by atoms with Crippen molar-refractivity contribution in [3.05, 3.63) is 34.9 Å². The van der Waals surface area contributed by atoms with Gasteiger partial charge in [-0.3, -0.25) is 9.59 Å². The summed E-state index contributed by atoms with van der Waals surface area (Å²) in [5.41, 5.74) is 2.66. The zero-order valence-corrected chi connectivity index (χ0v) is 13.7. The van der Waals surface area contributed by atoms with Crippen molar-refractivity contribution >= 4 is 11.8 Å². The van der Waals surface area contributed by atoms with Crippen LogP contribution in [0.25, 0.3) is 0 Å². The highest BCUT2D eigenvalue weighted by Crippen LogP contribution is 2.13. The summed E-state index contributed by atoms with van der Waals surface area (Å²) in [5.74, 6) is -0.283. The topological polar surface area (TPSA) is 58.6 Å². The molecular formula is C17H24N2O3. The molecule has 22 heavy (non-hydrogen) atoms. The summed E-state index contributed by atoms with van der Waals surface area (Å²) in [4.78, 5) is 26.3. The SMILES string of the molecule is Cc1cc(C)cc(C(=O)NCC(=O)N2[C@@H](C)COC[C@@H]2C)c1. The van der Waals surface area contributed by atoms with Crippen LogP contribution in [0, 0.1) is 13.8 Å². The van der Waals surface area contributed by atoms with Gasteiger partial charge in [-0.15, -0.1) is 0 Å². The second-order valence-corrected chi connectivity index (χ2v) is 6.10. The maximum absolute atomic E-state index is 12.3. The lowest BCUT2D eigenvalue weighted by molar-refractivity contribution is -0.142. The first-order valence-corrected chi connectivity index (χ1v) is 7.64. The Morgan fingerprint density at radius 3 is 2.23 bits per heavy atom. The third kappa shape index (κ3) is 3.85. The van der Waals surface area contributed by atoms with Crippen molar-refractivity contribution in [1.29, 1.82) is 0 Å². The minimum Gasteiger partial charge on any atom is -0.377 e. The van der Waals surface area contributed by atoms with Crippen LogP contribution >= 0.6 is 0 Å². The van der Waals surface area contributed by atoms with Crippen molar-refractivity contribution in [1.82, 2.24) is 10.2 Å². The number of carbonyl (C=O) groups excluding carboxylic acids is 2. The molecule has 1 N–H and O–H groups in total. The molecule has 0 saturated carbocycles. The fourth-order valence-electron chi connectivity index (χ4n) is 2.95. The Hall–Kier alpha value is -1.88. The average Bonchev–Trinajstić information content (AvgIpc) is 2.43. The van der Waals surface area contributed by atoms with Crippen molar-refractivity contribution in [3.8, 4) is 0 Å². The number of ether oxygens (including phenoxy) is 1. The summed E-state index contributed by atoms with van der Waals surface area (Å²) >= 11 is 0. The Bertz CT molecular complexity index is 541. The lowest BCUT2D eigenvalue weighted by Gasteiger charge is -2.38. The summed E-state index contributed by atoms with van der Waals surface area (Å²) in [6, 6.07) is 5.74. The minimum absolute atomic E-state index is 0.0144. The number of carbonyl (C=O) groups is 2. The van der Waals surface area contributed by atoms with E-state index in [-0.39, 0.29) is 30.4 Å². The van der Waals surface area contributed by atoms with Crippen LogP contribution in [-0.4, -0.2) is 48.6 Å². The van der Waals surface area contributed by atoms with Gasteiger partial charge in [0.25, 0.3) is 5.91 Å². The number of aryl methyl sites for hydroxylation is 2. The van der Waals surface area contributed by atoms with Crippen LogP contribution in [-0.2, 0) is 9.53 Å². The van der Waals surface area contributed by atoms with Gasteiger partial charge < -0.3 is 15.0 Å². The molecule has 0 spiro atoms. The molecule has 1 aliphatic rings. The van der Waals surface area contributed by atoms with E-state index in [1.165, 1.54) is 0 Å². The number of rotatable bonds is 3. The van der Waals surface area contributed by atoms with E-state index in [0.717, 1.165) is 11.1 Å². The highest BCUT2D eigenvalue weighted by molar-refractivity contribution is 5.96. The van der Waals surface area contributed by atoms with Crippen molar-refractivity contribution in [3.63, 3.8) is 0 Å². The highest BCUT2D eigenvalue weighted by Gasteiger charge is 2.29. The number of hydrogen-bond donors (Lipinski definition) is 1. The van der Waals surface area contributed by atoms with Gasteiger partial charge in [0.15, 0.2) is 0 Å². The Morgan fingerprint density at radius 1 is 1.14 bits per heavy atom. The number of nitrogens with zero attached hydrogens (tertiary/aromatic N) is 1. The largest absolute Gasteiger partial charge is 0.377 e. The fraction of sp³-hybridized carbons (Fsp3) is 0.529. The Morgan fingerprint density at radius 2 is 1.68 bits per heavy atom. The molecule has 0 radical (unpaired) electrons. The molecule has 2 amide bonds. The van der Waals surface area contributed by atoms with Crippen LogP contribution in [0.2, 0.25) is 0 Å². The van der Waals surface area contributed by atoms with Gasteiger partial charge in [-0.25, -0.2) is 0 Å². The van der Waals surface area contributed by atoms with E-state index < -0.39 is 0 Å². The first-order valence-electron chi connectivity index (χ1n) is 7.64. The molecular weight excluding hydrogens is 280 g/mol. The summed E-state index contributed by atoms with van der Waals surface area (Å²) in [6.45, 7) is 8.92. The number of nitrogens with one attached hydrogen (secondary N) is 1. The molecule has 0 aliphatic carbocycles. The number of benzene rings is 1. The van der Waals surface area contributed by atoms with Crippen LogP contribution < -0.4 is 5.32 Å². The molecule has 2 rings (SSSR count). The van der Waals surface area contributed by atoms with E-state index >= 15 is 0 Å². The molecule has 2 atom stereocenters. The van der Waals surface area contributed by atoms with Gasteiger partial charge in [-0.05, 0) is 39.8 Å². The highest BCUT2D eigenvalue weighted by atomic mass is 16.5. The monoisotopic (exact) mass is 304 g/mol. The van der Waals surface area contributed by atoms with Gasteiger partial charge >= 0.3 is 0 Å². The Labute approximate surface area is 131 Å². The normalized spacial score (nSPS) is 21.5. The van der Waals surface area contributed by atoms with E-state index in [1.54, 1.807) is 4.90 Å². The average molecular weight is 304 g/mol. The second-order valence-electron chi connectivity index (χ2n) is 6.10. The second kappa shape index (κ2) is 6.92. The lowest BCUT2D eigenvalue weighted by Crippen LogP contribution is -2.55. The van der Waals surface area contributed by atoms with Gasteiger partial charge in [0.05, 0.1) is 31.8 Å². The van der Waals surface area contributed by atoms with E-state index in [9.17, 15) is 9.59 Å². The van der Waals surface area contributed by atoms with Gasteiger partial charge in [-0.2, -0.15) is 0 Å². The number of amides is 2. The molecule has 5 nitrogen and oxygen atoms in total. The van der Waals surface area contributed by atoms with Crippen LogP contribution in [0.15, 0.2) is 18.2 Å². The summed E-state index contributed by atoms with van der Waals surface area (Å²) in [6.07, 6.45) is 0. The quantitative estimate of drug-likeness (QED) is 0.924. The zero-order chi connectivity index (χ0) is 16.3. The molecule has 1 aliphatic heterocycles. The standard InChI is InChI=1S/C17H24N2O3/c1-11-5-12(2)7-15(6-11)17(21)18-8-16(20)19-13(3)9-22-10-14(19)4/h5-7,13-14H,8-10H2,1-4H3,(H,18,21)/t13-,14-/m0/s1. The molecule has 120 valence electrons. The van der Waals surface area contributed by atoms with E-state index in [4.69, 9.17) is 4.74 Å². The van der Waals surface area contributed by atoms with E-state index in [2.05, 4.69) is 5.32 Å². The Balaban J connectivity index is 1.96. The molecule has 1 aromatic rings. The molecule has 1 fully saturated rings. The minimum atomic E-state index is -0.214. The molecule has 0 bridgehead atoms. The van der Waals surface area contributed by atoms with Gasteiger partial charge in [-0.1, -0.05) is 17.2 Å². The summed E-state index contributed by atoms with van der Waals surface area (Å²) in [5, 5.41) is 2.72. The zero-order valence-electron chi connectivity index (χ0n) is 13.7. The lowest BCUT2D eigenvalue weighted by atomic mass is 10.1. The van der Waals surface area contributed by atoms with Crippen LogP contribution in [0.1, 0.15) is 35.3 Å². The number of hydrogen-bond acceptors (Lipinski definition) is 3. The van der Waals surface area contributed by atoms with Crippen molar-refractivity contribution in [2.75, 3.05) is 19.8 Å². The summed E-state index contributed by atoms with van der Waals surface area (Å²) < 4.78 is 5.41. The third-order valence-electron chi connectivity index (χ3n) is 3.84. The molecule has 1 heterocycles. The molecule has 0 unspecified atom stereocenters. The van der Waals surface area contributed by atoms with Gasteiger partial charge in [0.2, 0.25) is 5.91 Å². The van der Waals surface area contributed by atoms with Crippen molar-refractivity contribution in [2.24, 2.45) is 0 Å². The molecule has 0 aromatic heterocycles. The van der Waals surface area contributed by atoms with Crippen LogP contribution in [0.5, 0.6) is 0 Å².